The van der Waals surface area contributed by atoms with Crippen molar-refractivity contribution < 1.29 is 9.53 Å². The highest BCUT2D eigenvalue weighted by Gasteiger charge is 2.18. The Kier molecular flexibility index (Phi) is 6.36. The molecule has 0 radical (unpaired) electrons. The van der Waals surface area contributed by atoms with Crippen molar-refractivity contribution in [3.63, 3.8) is 0 Å². The van der Waals surface area contributed by atoms with Gasteiger partial charge in [-0.05, 0) is 48.2 Å². The second-order valence-corrected chi connectivity index (χ2v) is 7.92. The number of methoxy groups -OCH3 is 1. The van der Waals surface area contributed by atoms with Crippen LogP contribution < -0.4 is 10.1 Å². The van der Waals surface area contributed by atoms with Gasteiger partial charge in [0.1, 0.15) is 5.75 Å². The number of carbonyl (C=O) groups is 1. The van der Waals surface area contributed by atoms with E-state index in [9.17, 15) is 4.79 Å². The summed E-state index contributed by atoms with van der Waals surface area (Å²) in [5, 5.41) is 5.21. The number of hydrogen-bond acceptors (Lipinski definition) is 4. The SMILES string of the molecule is COc1ccc(SCC(=O)NC(c2ccc(C)cc2)c2cccs2)cc1. The van der Waals surface area contributed by atoms with Crippen LogP contribution in [0.1, 0.15) is 22.0 Å². The van der Waals surface area contributed by atoms with E-state index in [1.54, 1.807) is 18.4 Å². The number of carbonyl (C=O) groups excluding carboxylic acids is 1. The summed E-state index contributed by atoms with van der Waals surface area (Å²) < 4.78 is 5.16. The first kappa shape index (κ1) is 18.5. The Balaban J connectivity index is 1.66. The van der Waals surface area contributed by atoms with Crippen LogP contribution in [0.2, 0.25) is 0 Å². The molecule has 1 aromatic heterocycles. The number of benzene rings is 2. The van der Waals surface area contributed by atoms with Crippen LogP contribution in [0, 0.1) is 6.92 Å². The molecule has 3 rings (SSSR count). The van der Waals surface area contributed by atoms with Crippen LogP contribution in [-0.2, 0) is 4.79 Å². The van der Waals surface area contributed by atoms with Gasteiger partial charge in [-0.1, -0.05) is 35.9 Å². The van der Waals surface area contributed by atoms with Gasteiger partial charge in [0.2, 0.25) is 5.91 Å². The van der Waals surface area contributed by atoms with E-state index >= 15 is 0 Å². The zero-order valence-corrected chi connectivity index (χ0v) is 16.4. The number of nitrogens with one attached hydrogen (secondary N) is 1. The normalized spacial score (nSPS) is 11.8. The van der Waals surface area contributed by atoms with Crippen molar-refractivity contribution in [3.05, 3.63) is 82.0 Å². The number of rotatable bonds is 7. The van der Waals surface area contributed by atoms with Crippen molar-refractivity contribution in [2.45, 2.75) is 17.9 Å². The van der Waals surface area contributed by atoms with Crippen molar-refractivity contribution in [2.75, 3.05) is 12.9 Å². The topological polar surface area (TPSA) is 38.3 Å². The number of thioether (sulfide) groups is 1. The summed E-state index contributed by atoms with van der Waals surface area (Å²) in [5.74, 6) is 1.21. The molecule has 1 atom stereocenters. The predicted octanol–water partition coefficient (Wildman–Crippen LogP) is 5.06. The lowest BCUT2D eigenvalue weighted by atomic mass is 10.0. The molecule has 0 aliphatic heterocycles. The second-order valence-electron chi connectivity index (χ2n) is 5.89. The number of aryl methyl sites for hydroxylation is 1. The Morgan fingerprint density at radius 3 is 2.46 bits per heavy atom. The zero-order chi connectivity index (χ0) is 18.4. The Hall–Kier alpha value is -2.24. The van der Waals surface area contributed by atoms with Crippen LogP contribution in [0.5, 0.6) is 5.75 Å². The molecule has 2 aromatic carbocycles. The van der Waals surface area contributed by atoms with Gasteiger partial charge in [-0.3, -0.25) is 4.79 Å². The average molecular weight is 384 g/mol. The number of ether oxygens (including phenoxy) is 1. The highest BCUT2D eigenvalue weighted by Crippen LogP contribution is 2.27. The van der Waals surface area contributed by atoms with Crippen molar-refractivity contribution in [3.8, 4) is 5.75 Å². The fourth-order valence-corrected chi connectivity index (χ4v) is 4.07. The maximum absolute atomic E-state index is 12.5. The summed E-state index contributed by atoms with van der Waals surface area (Å²) in [4.78, 5) is 14.7. The van der Waals surface area contributed by atoms with E-state index in [1.165, 1.54) is 17.3 Å². The fraction of sp³-hybridized carbons (Fsp3) is 0.190. The van der Waals surface area contributed by atoms with Crippen LogP contribution in [0.25, 0.3) is 0 Å². The molecular weight excluding hydrogens is 362 g/mol. The minimum Gasteiger partial charge on any atom is -0.497 e. The van der Waals surface area contributed by atoms with Gasteiger partial charge in [-0.2, -0.15) is 0 Å². The van der Waals surface area contributed by atoms with Gasteiger partial charge in [0.05, 0.1) is 18.9 Å². The first-order valence-corrected chi connectivity index (χ1v) is 10.2. The molecule has 5 heteroatoms. The fourth-order valence-electron chi connectivity index (χ4n) is 2.56. The Morgan fingerprint density at radius 2 is 1.85 bits per heavy atom. The number of hydrogen-bond donors (Lipinski definition) is 1. The summed E-state index contributed by atoms with van der Waals surface area (Å²) in [6.07, 6.45) is 0. The van der Waals surface area contributed by atoms with Crippen molar-refractivity contribution in [2.24, 2.45) is 0 Å². The lowest BCUT2D eigenvalue weighted by Gasteiger charge is -2.18. The van der Waals surface area contributed by atoms with Gasteiger partial charge in [0, 0.05) is 9.77 Å². The van der Waals surface area contributed by atoms with Crippen LogP contribution in [0.4, 0.5) is 0 Å². The van der Waals surface area contributed by atoms with E-state index in [4.69, 9.17) is 4.74 Å². The molecule has 1 amide bonds. The zero-order valence-electron chi connectivity index (χ0n) is 14.8. The van der Waals surface area contributed by atoms with Gasteiger partial charge in [-0.15, -0.1) is 23.1 Å². The van der Waals surface area contributed by atoms with Gasteiger partial charge in [0.25, 0.3) is 0 Å². The summed E-state index contributed by atoms with van der Waals surface area (Å²) in [5.41, 5.74) is 2.31. The minimum absolute atomic E-state index is 0.0183. The highest BCUT2D eigenvalue weighted by molar-refractivity contribution is 8.00. The molecular formula is C21H21NO2S2. The maximum Gasteiger partial charge on any atom is 0.231 e. The molecule has 3 nitrogen and oxygen atoms in total. The van der Waals surface area contributed by atoms with Crippen molar-refractivity contribution in [1.29, 1.82) is 0 Å². The third-order valence-corrected chi connectivity index (χ3v) is 5.92. The van der Waals surface area contributed by atoms with Gasteiger partial charge < -0.3 is 10.1 Å². The summed E-state index contributed by atoms with van der Waals surface area (Å²) in [7, 11) is 1.64. The van der Waals surface area contributed by atoms with Crippen LogP contribution in [0.3, 0.4) is 0 Å². The molecule has 0 fully saturated rings. The standard InChI is InChI=1S/C21H21NO2S2/c1-15-5-7-16(8-6-15)21(19-4-3-13-25-19)22-20(23)14-26-18-11-9-17(24-2)10-12-18/h3-13,21H,14H2,1-2H3,(H,22,23). The molecule has 0 saturated carbocycles. The van der Waals surface area contributed by atoms with Crippen molar-refractivity contribution >= 4 is 29.0 Å². The Morgan fingerprint density at radius 1 is 1.12 bits per heavy atom. The smallest absolute Gasteiger partial charge is 0.231 e. The highest BCUT2D eigenvalue weighted by atomic mass is 32.2. The van der Waals surface area contributed by atoms with E-state index in [1.807, 2.05) is 35.7 Å². The Bertz CT molecular complexity index is 827. The molecule has 0 aliphatic carbocycles. The molecule has 26 heavy (non-hydrogen) atoms. The molecule has 0 aliphatic rings. The number of amides is 1. The van der Waals surface area contributed by atoms with E-state index < -0.39 is 0 Å². The van der Waals surface area contributed by atoms with E-state index in [2.05, 4.69) is 42.6 Å². The Labute approximate surface area is 162 Å². The molecule has 0 spiro atoms. The van der Waals surface area contributed by atoms with Gasteiger partial charge in [-0.25, -0.2) is 0 Å². The monoisotopic (exact) mass is 383 g/mol. The van der Waals surface area contributed by atoms with E-state index in [0.717, 1.165) is 21.1 Å². The maximum atomic E-state index is 12.5. The summed E-state index contributed by atoms with van der Waals surface area (Å²) >= 11 is 3.18. The molecule has 0 saturated heterocycles. The average Bonchev–Trinajstić information content (AvgIpc) is 3.20. The second kappa shape index (κ2) is 8.92. The number of thiophene rings is 1. The van der Waals surface area contributed by atoms with Crippen LogP contribution in [-0.4, -0.2) is 18.8 Å². The molecule has 134 valence electrons. The van der Waals surface area contributed by atoms with E-state index in [0.29, 0.717) is 5.75 Å². The third-order valence-electron chi connectivity index (χ3n) is 3.97. The van der Waals surface area contributed by atoms with Crippen molar-refractivity contribution in [1.82, 2.24) is 5.32 Å². The van der Waals surface area contributed by atoms with Crippen LogP contribution >= 0.6 is 23.1 Å². The third kappa shape index (κ3) is 4.90. The minimum atomic E-state index is -0.112. The molecule has 1 unspecified atom stereocenters. The van der Waals surface area contributed by atoms with Gasteiger partial charge in [0.15, 0.2) is 0 Å². The summed E-state index contributed by atoms with van der Waals surface area (Å²) in [6.45, 7) is 2.06. The molecule has 3 aromatic rings. The molecule has 1 N–H and O–H groups in total. The molecule has 1 heterocycles. The largest absolute Gasteiger partial charge is 0.497 e. The summed E-state index contributed by atoms with van der Waals surface area (Å²) in [6, 6.07) is 20.0. The first-order valence-electron chi connectivity index (χ1n) is 8.32. The first-order chi connectivity index (χ1) is 12.7. The van der Waals surface area contributed by atoms with Crippen LogP contribution in [0.15, 0.2) is 70.9 Å². The van der Waals surface area contributed by atoms with Gasteiger partial charge >= 0.3 is 0 Å². The lowest BCUT2D eigenvalue weighted by molar-refractivity contribution is -0.119. The molecule has 0 bridgehead atoms. The van der Waals surface area contributed by atoms with E-state index in [-0.39, 0.29) is 11.9 Å². The predicted molar refractivity (Wildman–Crippen MR) is 109 cm³/mol. The lowest BCUT2D eigenvalue weighted by Crippen LogP contribution is -2.30. The quantitative estimate of drug-likeness (QED) is 0.579.